The van der Waals surface area contributed by atoms with Gasteiger partial charge in [0, 0.05) is 9.86 Å². The first kappa shape index (κ1) is 9.27. The number of rotatable bonds is 1. The predicted octanol–water partition coefficient (Wildman–Crippen LogP) is 1.60. The van der Waals surface area contributed by atoms with E-state index in [9.17, 15) is 9.90 Å². The number of H-pyrrole nitrogens is 1. The summed E-state index contributed by atoms with van der Waals surface area (Å²) in [7, 11) is 0. The first-order valence-electron chi connectivity index (χ1n) is 4.08. The SMILES string of the molecule is Cc1cc(Br)c2[nH]c(C(=O)[O-])cc2c1. The highest BCUT2D eigenvalue weighted by atomic mass is 79.9. The topological polar surface area (TPSA) is 55.9 Å². The molecule has 72 valence electrons. The molecule has 3 nitrogen and oxygen atoms in total. The lowest BCUT2D eigenvalue weighted by molar-refractivity contribution is -0.255. The van der Waals surface area contributed by atoms with Gasteiger partial charge in [-0.25, -0.2) is 0 Å². The Balaban J connectivity index is 2.76. The van der Waals surface area contributed by atoms with Crippen LogP contribution >= 0.6 is 15.9 Å². The summed E-state index contributed by atoms with van der Waals surface area (Å²) in [6.45, 7) is 1.95. The van der Waals surface area contributed by atoms with Crippen LogP contribution < -0.4 is 5.11 Å². The summed E-state index contributed by atoms with van der Waals surface area (Å²) >= 11 is 3.37. The molecule has 1 heterocycles. The Hall–Kier alpha value is -1.29. The molecular formula is C10H7BrNO2-. The van der Waals surface area contributed by atoms with E-state index in [4.69, 9.17) is 0 Å². The van der Waals surface area contributed by atoms with Crippen molar-refractivity contribution >= 4 is 32.8 Å². The maximum atomic E-state index is 10.6. The second kappa shape index (κ2) is 3.13. The van der Waals surface area contributed by atoms with Crippen molar-refractivity contribution in [2.75, 3.05) is 0 Å². The average Bonchev–Trinajstić information content (AvgIpc) is 2.47. The summed E-state index contributed by atoms with van der Waals surface area (Å²) in [6, 6.07) is 5.42. The number of hydrogen-bond acceptors (Lipinski definition) is 2. The van der Waals surface area contributed by atoms with Gasteiger partial charge in [0.05, 0.1) is 17.2 Å². The van der Waals surface area contributed by atoms with Crippen LogP contribution in [0, 0.1) is 6.92 Å². The van der Waals surface area contributed by atoms with E-state index >= 15 is 0 Å². The van der Waals surface area contributed by atoms with Crippen LogP contribution in [0.25, 0.3) is 10.9 Å². The van der Waals surface area contributed by atoms with Gasteiger partial charge in [-0.3, -0.25) is 0 Å². The fourth-order valence-corrected chi connectivity index (χ4v) is 2.14. The number of carbonyl (C=O) groups is 1. The molecule has 2 rings (SSSR count). The number of fused-ring (bicyclic) bond motifs is 1. The van der Waals surface area contributed by atoms with E-state index in [1.165, 1.54) is 0 Å². The minimum atomic E-state index is -1.19. The van der Waals surface area contributed by atoms with Gasteiger partial charge in [-0.1, -0.05) is 0 Å². The Bertz CT molecular complexity index is 516. The first-order chi connectivity index (χ1) is 6.58. The van der Waals surface area contributed by atoms with Gasteiger partial charge in [0.15, 0.2) is 0 Å². The molecule has 0 saturated carbocycles. The molecule has 0 aliphatic carbocycles. The summed E-state index contributed by atoms with van der Waals surface area (Å²) in [6.07, 6.45) is 0. The first-order valence-corrected chi connectivity index (χ1v) is 4.87. The van der Waals surface area contributed by atoms with Crippen LogP contribution in [-0.4, -0.2) is 11.0 Å². The molecule has 0 saturated heterocycles. The summed E-state index contributed by atoms with van der Waals surface area (Å²) in [5, 5.41) is 11.5. The molecule has 0 atom stereocenters. The van der Waals surface area contributed by atoms with Crippen molar-refractivity contribution in [1.29, 1.82) is 0 Å². The molecule has 1 aromatic carbocycles. The van der Waals surface area contributed by atoms with Crippen molar-refractivity contribution in [2.24, 2.45) is 0 Å². The number of carbonyl (C=O) groups excluding carboxylic acids is 1. The minimum Gasteiger partial charge on any atom is -0.543 e. The van der Waals surface area contributed by atoms with E-state index in [1.54, 1.807) is 6.07 Å². The van der Waals surface area contributed by atoms with Crippen molar-refractivity contribution < 1.29 is 9.90 Å². The Morgan fingerprint density at radius 1 is 1.43 bits per heavy atom. The molecule has 14 heavy (non-hydrogen) atoms. The molecule has 0 fully saturated rings. The van der Waals surface area contributed by atoms with Gasteiger partial charge in [-0.2, -0.15) is 0 Å². The number of halogens is 1. The van der Waals surface area contributed by atoms with Crippen LogP contribution in [0.15, 0.2) is 22.7 Å². The van der Waals surface area contributed by atoms with Crippen LogP contribution in [0.1, 0.15) is 16.1 Å². The zero-order valence-corrected chi connectivity index (χ0v) is 9.01. The number of aromatic carboxylic acids is 1. The fourth-order valence-electron chi connectivity index (χ4n) is 1.45. The Morgan fingerprint density at radius 2 is 2.14 bits per heavy atom. The molecule has 0 radical (unpaired) electrons. The zero-order valence-electron chi connectivity index (χ0n) is 7.43. The molecule has 0 amide bonds. The Kier molecular flexibility index (Phi) is 2.07. The number of aromatic nitrogens is 1. The smallest absolute Gasteiger partial charge is 0.0878 e. The highest BCUT2D eigenvalue weighted by molar-refractivity contribution is 9.10. The zero-order chi connectivity index (χ0) is 10.3. The summed E-state index contributed by atoms with van der Waals surface area (Å²) in [4.78, 5) is 13.4. The van der Waals surface area contributed by atoms with Gasteiger partial charge in [0.25, 0.3) is 0 Å². The van der Waals surface area contributed by atoms with Crippen molar-refractivity contribution in [3.63, 3.8) is 0 Å². The quantitative estimate of drug-likeness (QED) is 0.839. The van der Waals surface area contributed by atoms with E-state index in [1.807, 2.05) is 19.1 Å². The second-order valence-corrected chi connectivity index (χ2v) is 4.04. The highest BCUT2D eigenvalue weighted by Crippen LogP contribution is 2.25. The molecule has 4 heteroatoms. The van der Waals surface area contributed by atoms with Crippen molar-refractivity contribution in [3.05, 3.63) is 33.9 Å². The Morgan fingerprint density at radius 3 is 2.79 bits per heavy atom. The molecule has 0 unspecified atom stereocenters. The largest absolute Gasteiger partial charge is 0.543 e. The molecule has 0 bridgehead atoms. The third-order valence-corrected chi connectivity index (χ3v) is 2.67. The number of carboxylic acid groups (broad SMARTS) is 1. The van der Waals surface area contributed by atoms with Crippen LogP contribution in [0.4, 0.5) is 0 Å². The van der Waals surface area contributed by atoms with Gasteiger partial charge in [0.2, 0.25) is 0 Å². The molecule has 1 N–H and O–H groups in total. The van der Waals surface area contributed by atoms with Crippen LogP contribution in [0.3, 0.4) is 0 Å². The standard InChI is InChI=1S/C10H8BrNO2/c1-5-2-6-4-8(10(13)14)12-9(6)7(11)3-5/h2-4,12H,1H3,(H,13,14)/p-1. The maximum Gasteiger partial charge on any atom is 0.0878 e. The van der Waals surface area contributed by atoms with Gasteiger partial charge in [0.1, 0.15) is 0 Å². The number of aromatic amines is 1. The van der Waals surface area contributed by atoms with Gasteiger partial charge < -0.3 is 14.9 Å². The molecule has 0 aliphatic rings. The fraction of sp³-hybridized carbons (Fsp3) is 0.100. The lowest BCUT2D eigenvalue weighted by Gasteiger charge is -1.97. The lowest BCUT2D eigenvalue weighted by atomic mass is 10.2. The van der Waals surface area contributed by atoms with Gasteiger partial charge >= 0.3 is 0 Å². The van der Waals surface area contributed by atoms with Crippen LogP contribution in [0.5, 0.6) is 0 Å². The van der Waals surface area contributed by atoms with Crippen LogP contribution in [0.2, 0.25) is 0 Å². The average molecular weight is 253 g/mol. The van der Waals surface area contributed by atoms with E-state index in [0.29, 0.717) is 0 Å². The third kappa shape index (κ3) is 1.42. The summed E-state index contributed by atoms with van der Waals surface area (Å²) < 4.78 is 0.861. The predicted molar refractivity (Wildman–Crippen MR) is 55.1 cm³/mol. The third-order valence-electron chi connectivity index (χ3n) is 2.04. The van der Waals surface area contributed by atoms with Crippen molar-refractivity contribution in [2.45, 2.75) is 6.92 Å². The molecule has 0 aliphatic heterocycles. The normalized spacial score (nSPS) is 10.7. The number of benzene rings is 1. The molecular weight excluding hydrogens is 246 g/mol. The van der Waals surface area contributed by atoms with Crippen LogP contribution in [-0.2, 0) is 0 Å². The number of nitrogens with one attached hydrogen (secondary N) is 1. The lowest BCUT2D eigenvalue weighted by Crippen LogP contribution is -2.22. The van der Waals surface area contributed by atoms with E-state index in [-0.39, 0.29) is 5.69 Å². The molecule has 2 aromatic rings. The maximum absolute atomic E-state index is 10.6. The Labute approximate surface area is 88.9 Å². The number of aryl methyl sites for hydroxylation is 1. The second-order valence-electron chi connectivity index (χ2n) is 3.18. The van der Waals surface area contributed by atoms with E-state index < -0.39 is 5.97 Å². The molecule has 1 aromatic heterocycles. The monoisotopic (exact) mass is 252 g/mol. The molecule has 0 spiro atoms. The van der Waals surface area contributed by atoms with Gasteiger partial charge in [-0.15, -0.1) is 0 Å². The van der Waals surface area contributed by atoms with Crippen molar-refractivity contribution in [1.82, 2.24) is 4.98 Å². The minimum absolute atomic E-state index is 0.103. The van der Waals surface area contributed by atoms with E-state index in [0.717, 1.165) is 20.9 Å². The van der Waals surface area contributed by atoms with E-state index in [2.05, 4.69) is 20.9 Å². The summed E-state index contributed by atoms with van der Waals surface area (Å²) in [5.74, 6) is -1.19. The number of hydrogen-bond donors (Lipinski definition) is 1. The van der Waals surface area contributed by atoms with Crippen molar-refractivity contribution in [3.8, 4) is 0 Å². The highest BCUT2D eigenvalue weighted by Gasteiger charge is 2.05. The number of carboxylic acids is 1. The summed E-state index contributed by atoms with van der Waals surface area (Å²) in [5.41, 5.74) is 1.97. The van der Waals surface area contributed by atoms with Gasteiger partial charge in [-0.05, 0) is 46.6 Å².